The van der Waals surface area contributed by atoms with Crippen molar-refractivity contribution in [2.24, 2.45) is 5.73 Å². The minimum absolute atomic E-state index is 0.119. The maximum Gasteiger partial charge on any atom is 0.282 e. The molecule has 0 aliphatic carbocycles. The summed E-state index contributed by atoms with van der Waals surface area (Å²) in [5.74, 6) is -0.119. The highest BCUT2D eigenvalue weighted by molar-refractivity contribution is 7.86. The third-order valence-electron chi connectivity index (χ3n) is 4.05. The molecule has 2 N–H and O–H groups in total. The van der Waals surface area contributed by atoms with Crippen molar-refractivity contribution in [2.75, 3.05) is 59.4 Å². The van der Waals surface area contributed by atoms with Crippen molar-refractivity contribution in [1.29, 1.82) is 0 Å². The van der Waals surface area contributed by atoms with E-state index < -0.39 is 16.3 Å². The van der Waals surface area contributed by atoms with Crippen molar-refractivity contribution in [2.45, 2.75) is 13.0 Å². The van der Waals surface area contributed by atoms with Crippen LogP contribution in [0, 0.1) is 0 Å². The number of hydrogen-bond donors (Lipinski definition) is 1. The van der Waals surface area contributed by atoms with Crippen molar-refractivity contribution >= 4 is 16.1 Å². The van der Waals surface area contributed by atoms with Gasteiger partial charge in [-0.15, -0.1) is 0 Å². The summed E-state index contributed by atoms with van der Waals surface area (Å²) in [5.41, 5.74) is 5.58. The molecule has 2 rings (SSSR count). The van der Waals surface area contributed by atoms with Crippen LogP contribution in [0.4, 0.5) is 0 Å². The van der Waals surface area contributed by atoms with Crippen molar-refractivity contribution in [3.63, 3.8) is 0 Å². The second-order valence-corrected chi connectivity index (χ2v) is 7.65. The van der Waals surface area contributed by atoms with Gasteiger partial charge in [0.05, 0.1) is 6.04 Å². The molecule has 2 aliphatic rings. The van der Waals surface area contributed by atoms with Gasteiger partial charge in [-0.2, -0.15) is 17.0 Å². The first-order valence-electron chi connectivity index (χ1n) is 7.30. The number of nitrogens with two attached hydrogens (primary N) is 1. The van der Waals surface area contributed by atoms with Crippen LogP contribution in [0.15, 0.2) is 0 Å². The second kappa shape index (κ2) is 6.57. The second-order valence-electron chi connectivity index (χ2n) is 5.72. The van der Waals surface area contributed by atoms with E-state index in [2.05, 4.69) is 4.90 Å². The fraction of sp³-hybridized carbons (Fsp3) is 0.917. The van der Waals surface area contributed by atoms with Crippen LogP contribution in [0.25, 0.3) is 0 Å². The quantitative estimate of drug-likeness (QED) is 0.648. The van der Waals surface area contributed by atoms with Crippen molar-refractivity contribution in [1.82, 2.24) is 18.4 Å². The number of carbonyl (C=O) groups excluding carboxylic acids is 1. The first-order chi connectivity index (χ1) is 9.82. The van der Waals surface area contributed by atoms with E-state index in [-0.39, 0.29) is 5.91 Å². The van der Waals surface area contributed by atoms with E-state index in [9.17, 15) is 13.2 Å². The zero-order chi connectivity index (χ0) is 15.6. The molecule has 0 aromatic heterocycles. The molecular weight excluding hydrogens is 294 g/mol. The molecule has 21 heavy (non-hydrogen) atoms. The minimum Gasteiger partial charge on any atom is -0.339 e. The predicted octanol–water partition coefficient (Wildman–Crippen LogP) is -2.03. The summed E-state index contributed by atoms with van der Waals surface area (Å²) < 4.78 is 28.1. The highest BCUT2D eigenvalue weighted by Gasteiger charge is 2.34. The Hall–Kier alpha value is -0.740. The molecule has 2 aliphatic heterocycles. The lowest BCUT2D eigenvalue weighted by Crippen LogP contribution is -2.58. The summed E-state index contributed by atoms with van der Waals surface area (Å²) in [6.07, 6.45) is 0. The van der Waals surface area contributed by atoms with Crippen LogP contribution in [0.1, 0.15) is 6.92 Å². The van der Waals surface area contributed by atoms with E-state index in [0.29, 0.717) is 39.3 Å². The summed E-state index contributed by atoms with van der Waals surface area (Å²) >= 11 is 0. The SMILES string of the molecule is C[C@@H](N)C(=O)N1CCN(S(=O)(=O)N2CCN(C)CC2)CC1. The Bertz CT molecular complexity index is 465. The van der Waals surface area contributed by atoms with Gasteiger partial charge in [0.1, 0.15) is 0 Å². The average molecular weight is 319 g/mol. The number of likely N-dealkylation sites (N-methyl/N-ethyl adjacent to an activating group) is 1. The maximum absolute atomic E-state index is 12.6. The average Bonchev–Trinajstić information content (AvgIpc) is 2.47. The molecule has 0 unspecified atom stereocenters. The third kappa shape index (κ3) is 3.72. The summed E-state index contributed by atoms with van der Waals surface area (Å²) in [5, 5.41) is 0. The van der Waals surface area contributed by atoms with E-state index in [1.165, 1.54) is 8.61 Å². The third-order valence-corrected chi connectivity index (χ3v) is 6.09. The number of piperazine rings is 2. The fourth-order valence-corrected chi connectivity index (χ4v) is 4.19. The molecule has 0 saturated carbocycles. The van der Waals surface area contributed by atoms with Crippen molar-refractivity contribution in [3.05, 3.63) is 0 Å². The molecule has 8 nitrogen and oxygen atoms in total. The number of hydrogen-bond acceptors (Lipinski definition) is 5. The molecule has 2 saturated heterocycles. The molecule has 2 heterocycles. The largest absolute Gasteiger partial charge is 0.339 e. The van der Waals surface area contributed by atoms with E-state index >= 15 is 0 Å². The monoisotopic (exact) mass is 319 g/mol. The molecular formula is C12H25N5O3S. The summed E-state index contributed by atoms with van der Waals surface area (Å²) in [6, 6.07) is -0.536. The van der Waals surface area contributed by atoms with Crippen LogP contribution in [-0.4, -0.2) is 98.2 Å². The Labute approximate surface area is 126 Å². The highest BCUT2D eigenvalue weighted by atomic mass is 32.2. The van der Waals surface area contributed by atoms with E-state index in [0.717, 1.165) is 13.1 Å². The van der Waals surface area contributed by atoms with Gasteiger partial charge >= 0.3 is 0 Å². The Morgan fingerprint density at radius 3 is 1.81 bits per heavy atom. The molecule has 9 heteroatoms. The smallest absolute Gasteiger partial charge is 0.282 e. The zero-order valence-electron chi connectivity index (χ0n) is 12.7. The van der Waals surface area contributed by atoms with Gasteiger partial charge in [0, 0.05) is 52.4 Å². The Morgan fingerprint density at radius 1 is 0.952 bits per heavy atom. The predicted molar refractivity (Wildman–Crippen MR) is 79.8 cm³/mol. The van der Waals surface area contributed by atoms with Gasteiger partial charge in [-0.1, -0.05) is 0 Å². The fourth-order valence-electron chi connectivity index (χ4n) is 2.61. The van der Waals surface area contributed by atoms with E-state index in [1.807, 2.05) is 7.05 Å². The van der Waals surface area contributed by atoms with Crippen LogP contribution < -0.4 is 5.73 Å². The van der Waals surface area contributed by atoms with E-state index in [1.54, 1.807) is 11.8 Å². The Kier molecular flexibility index (Phi) is 5.20. The van der Waals surface area contributed by atoms with Gasteiger partial charge < -0.3 is 15.5 Å². The van der Waals surface area contributed by atoms with Gasteiger partial charge in [-0.25, -0.2) is 0 Å². The van der Waals surface area contributed by atoms with Gasteiger partial charge in [0.25, 0.3) is 10.2 Å². The number of nitrogens with zero attached hydrogens (tertiary/aromatic N) is 4. The molecule has 0 bridgehead atoms. The lowest BCUT2D eigenvalue weighted by Gasteiger charge is -2.39. The normalized spacial score (nSPS) is 25.0. The van der Waals surface area contributed by atoms with Crippen LogP contribution in [-0.2, 0) is 15.0 Å². The lowest BCUT2D eigenvalue weighted by molar-refractivity contribution is -0.133. The Morgan fingerprint density at radius 2 is 1.38 bits per heavy atom. The van der Waals surface area contributed by atoms with Crippen molar-refractivity contribution in [3.8, 4) is 0 Å². The van der Waals surface area contributed by atoms with Gasteiger partial charge in [-0.05, 0) is 14.0 Å². The molecule has 0 aromatic carbocycles. The van der Waals surface area contributed by atoms with Crippen LogP contribution in [0.5, 0.6) is 0 Å². The van der Waals surface area contributed by atoms with Gasteiger partial charge in [-0.3, -0.25) is 4.79 Å². The van der Waals surface area contributed by atoms with Crippen LogP contribution in [0.2, 0.25) is 0 Å². The lowest BCUT2D eigenvalue weighted by atomic mass is 10.2. The van der Waals surface area contributed by atoms with E-state index in [4.69, 9.17) is 5.73 Å². The molecule has 1 amide bonds. The Balaban J connectivity index is 1.93. The molecule has 0 radical (unpaired) electrons. The summed E-state index contributed by atoms with van der Waals surface area (Å²) in [6.45, 7) is 5.71. The van der Waals surface area contributed by atoms with Crippen LogP contribution >= 0.6 is 0 Å². The maximum atomic E-state index is 12.6. The number of rotatable bonds is 3. The molecule has 2 fully saturated rings. The summed E-state index contributed by atoms with van der Waals surface area (Å²) in [4.78, 5) is 15.6. The molecule has 0 spiro atoms. The van der Waals surface area contributed by atoms with Crippen LogP contribution in [0.3, 0.4) is 0 Å². The minimum atomic E-state index is -3.41. The number of amides is 1. The standard InChI is InChI=1S/C12H25N5O3S/c1-11(13)12(18)15-5-9-17(10-6-15)21(19,20)16-7-3-14(2)4-8-16/h11H,3-10,13H2,1-2H3/t11-/m1/s1. The molecule has 1 atom stereocenters. The topological polar surface area (TPSA) is 90.2 Å². The van der Waals surface area contributed by atoms with Gasteiger partial charge in [0.15, 0.2) is 0 Å². The number of carbonyl (C=O) groups is 1. The molecule has 0 aromatic rings. The van der Waals surface area contributed by atoms with Gasteiger partial charge in [0.2, 0.25) is 5.91 Å². The first-order valence-corrected chi connectivity index (χ1v) is 8.70. The van der Waals surface area contributed by atoms with Crippen molar-refractivity contribution < 1.29 is 13.2 Å². The summed E-state index contributed by atoms with van der Waals surface area (Å²) in [7, 11) is -1.42. The highest BCUT2D eigenvalue weighted by Crippen LogP contribution is 2.14. The zero-order valence-corrected chi connectivity index (χ0v) is 13.5. The molecule has 122 valence electrons. The first kappa shape index (κ1) is 16.6.